The fourth-order valence-corrected chi connectivity index (χ4v) is 5.46. The van der Waals surface area contributed by atoms with Crippen molar-refractivity contribution in [2.45, 2.75) is 25.9 Å². The van der Waals surface area contributed by atoms with Crippen molar-refractivity contribution < 1.29 is 4.52 Å². The first kappa shape index (κ1) is 16.7. The number of hydrogen-bond donors (Lipinski definition) is 0. The first-order chi connectivity index (χ1) is 12.2. The summed E-state index contributed by atoms with van der Waals surface area (Å²) in [4.78, 5) is 4.59. The van der Waals surface area contributed by atoms with E-state index < -0.39 is 8.15 Å². The molecule has 0 fully saturated rings. The largest absolute Gasteiger partial charge is 0.340 e. The average Bonchev–Trinajstić information content (AvgIpc) is 3.04. The lowest BCUT2D eigenvalue weighted by atomic mass is 10.1. The van der Waals surface area contributed by atoms with Crippen molar-refractivity contribution in [3.05, 3.63) is 88.7 Å². The van der Waals surface area contributed by atoms with Gasteiger partial charge in [-0.15, -0.1) is 0 Å². The van der Waals surface area contributed by atoms with Crippen molar-refractivity contribution in [1.82, 2.24) is 4.98 Å². The van der Waals surface area contributed by atoms with Gasteiger partial charge < -0.3 is 4.52 Å². The molecule has 0 saturated heterocycles. The first-order valence-electron chi connectivity index (χ1n) is 8.45. The van der Waals surface area contributed by atoms with Crippen molar-refractivity contribution in [1.29, 1.82) is 0 Å². The summed E-state index contributed by atoms with van der Waals surface area (Å²) < 4.78 is 6.66. The Morgan fingerprint density at radius 2 is 1.60 bits per heavy atom. The van der Waals surface area contributed by atoms with Crippen molar-refractivity contribution in [3.63, 3.8) is 0 Å². The van der Waals surface area contributed by atoms with Gasteiger partial charge in [-0.05, 0) is 37.0 Å². The van der Waals surface area contributed by atoms with Gasteiger partial charge in [-0.25, -0.2) is 4.98 Å². The van der Waals surface area contributed by atoms with E-state index in [1.165, 1.54) is 21.7 Å². The molecule has 3 aromatic rings. The summed E-state index contributed by atoms with van der Waals surface area (Å²) in [6, 6.07) is 22.9. The topological polar surface area (TPSA) is 22.1 Å². The molecule has 2 nitrogen and oxygen atoms in total. The Hall–Kier alpha value is -1.73. The average molecular weight is 368 g/mol. The number of nitrogens with zero attached hydrogens (tertiary/aromatic N) is 1. The van der Waals surface area contributed by atoms with Crippen molar-refractivity contribution in [2.24, 2.45) is 0 Å². The third kappa shape index (κ3) is 3.48. The van der Waals surface area contributed by atoms with E-state index in [1.54, 1.807) is 0 Å². The van der Waals surface area contributed by atoms with E-state index in [1.807, 2.05) is 18.2 Å². The zero-order valence-electron chi connectivity index (χ0n) is 14.0. The van der Waals surface area contributed by atoms with Crippen LogP contribution in [0.3, 0.4) is 0 Å². The second-order valence-electron chi connectivity index (χ2n) is 6.22. The Kier molecular flexibility index (Phi) is 4.85. The minimum absolute atomic E-state index is 0.000997. The Labute approximate surface area is 154 Å². The standard InChI is InChI=1S/C21H19ClNOP/c1-15-14-20(22)23-21-18(15)12-13-19(21)24-25(16-8-4-2-5-9-16)17-10-6-3-7-11-17/h2-11,14,19H,12-13H2,1H3/t19-/m1/s1. The third-order valence-corrected chi connectivity index (χ3v) is 6.72. The molecule has 126 valence electrons. The Bertz CT molecular complexity index is 830. The highest BCUT2D eigenvalue weighted by Gasteiger charge is 2.30. The smallest absolute Gasteiger partial charge is 0.129 e. The van der Waals surface area contributed by atoms with Crippen LogP contribution in [0.1, 0.15) is 29.3 Å². The van der Waals surface area contributed by atoms with Crippen molar-refractivity contribution >= 4 is 30.4 Å². The zero-order valence-corrected chi connectivity index (χ0v) is 15.7. The van der Waals surface area contributed by atoms with Crippen molar-refractivity contribution in [3.8, 4) is 0 Å². The number of halogens is 1. The molecule has 0 aliphatic heterocycles. The van der Waals surface area contributed by atoms with Crippen LogP contribution in [0.5, 0.6) is 0 Å². The van der Waals surface area contributed by atoms with Crippen LogP contribution in [0.4, 0.5) is 0 Å². The predicted molar refractivity (Wildman–Crippen MR) is 105 cm³/mol. The molecule has 0 saturated carbocycles. The van der Waals surface area contributed by atoms with E-state index in [0.717, 1.165) is 18.5 Å². The van der Waals surface area contributed by atoms with Crippen LogP contribution >= 0.6 is 19.7 Å². The molecule has 4 rings (SSSR count). The van der Waals surface area contributed by atoms with E-state index in [-0.39, 0.29) is 6.10 Å². The van der Waals surface area contributed by atoms with Gasteiger partial charge in [-0.1, -0.05) is 72.3 Å². The van der Waals surface area contributed by atoms with Gasteiger partial charge >= 0.3 is 0 Å². The molecule has 1 aromatic heterocycles. The maximum Gasteiger partial charge on any atom is 0.129 e. The van der Waals surface area contributed by atoms with Crippen LogP contribution in [-0.4, -0.2) is 4.98 Å². The number of fused-ring (bicyclic) bond motifs is 1. The predicted octanol–water partition coefficient (Wildman–Crippen LogP) is 5.10. The number of benzene rings is 2. The summed E-state index contributed by atoms with van der Waals surface area (Å²) in [6.45, 7) is 2.10. The summed E-state index contributed by atoms with van der Waals surface area (Å²) in [5.74, 6) is 0. The Morgan fingerprint density at radius 1 is 1.00 bits per heavy atom. The molecule has 0 spiro atoms. The van der Waals surface area contributed by atoms with Gasteiger partial charge in [0.15, 0.2) is 0 Å². The summed E-state index contributed by atoms with van der Waals surface area (Å²) in [7, 11) is -0.889. The SMILES string of the molecule is Cc1cc(Cl)nc2c1CC[C@H]2OP(c1ccccc1)c1ccccc1. The van der Waals surface area contributed by atoms with Gasteiger partial charge in [0, 0.05) is 10.6 Å². The van der Waals surface area contributed by atoms with Crippen molar-refractivity contribution in [2.75, 3.05) is 0 Å². The minimum Gasteiger partial charge on any atom is -0.340 e. The van der Waals surface area contributed by atoms with Gasteiger partial charge in [-0.3, -0.25) is 0 Å². The lowest BCUT2D eigenvalue weighted by Gasteiger charge is -2.23. The molecule has 2 aromatic carbocycles. The second-order valence-corrected chi connectivity index (χ2v) is 8.44. The molecule has 0 amide bonds. The number of pyridine rings is 1. The van der Waals surface area contributed by atoms with E-state index in [9.17, 15) is 0 Å². The summed E-state index contributed by atoms with van der Waals surface area (Å²) in [5, 5.41) is 2.99. The van der Waals surface area contributed by atoms with Gasteiger partial charge in [0.1, 0.15) is 11.3 Å². The molecule has 25 heavy (non-hydrogen) atoms. The minimum atomic E-state index is -0.889. The van der Waals surface area contributed by atoms with Crippen LogP contribution < -0.4 is 10.6 Å². The van der Waals surface area contributed by atoms with Crippen LogP contribution in [0.2, 0.25) is 5.15 Å². The summed E-state index contributed by atoms with van der Waals surface area (Å²) in [5.41, 5.74) is 3.53. The lowest BCUT2D eigenvalue weighted by Crippen LogP contribution is -2.15. The zero-order chi connectivity index (χ0) is 17.2. The molecule has 1 heterocycles. The van der Waals surface area contributed by atoms with E-state index in [2.05, 4.69) is 60.4 Å². The van der Waals surface area contributed by atoms with Crippen LogP contribution in [0.25, 0.3) is 0 Å². The molecule has 1 atom stereocenters. The lowest BCUT2D eigenvalue weighted by molar-refractivity contribution is 0.234. The van der Waals surface area contributed by atoms with Gasteiger partial charge in [0.05, 0.1) is 13.8 Å². The molecule has 1 aliphatic rings. The van der Waals surface area contributed by atoms with E-state index >= 15 is 0 Å². The quantitative estimate of drug-likeness (QED) is 0.473. The molecule has 0 bridgehead atoms. The molecular formula is C21H19ClNOP. The number of aromatic nitrogens is 1. The Morgan fingerprint density at radius 3 is 2.20 bits per heavy atom. The monoisotopic (exact) mass is 367 g/mol. The highest BCUT2D eigenvalue weighted by Crippen LogP contribution is 2.46. The number of hydrogen-bond acceptors (Lipinski definition) is 2. The van der Waals surface area contributed by atoms with E-state index in [4.69, 9.17) is 16.1 Å². The maximum absolute atomic E-state index is 6.66. The van der Waals surface area contributed by atoms with Gasteiger partial charge in [-0.2, -0.15) is 0 Å². The molecular weight excluding hydrogens is 349 g/mol. The summed E-state index contributed by atoms with van der Waals surface area (Å²) in [6.07, 6.45) is 1.96. The molecule has 1 aliphatic carbocycles. The number of aryl methyl sites for hydroxylation is 1. The van der Waals surface area contributed by atoms with Gasteiger partial charge in [0.25, 0.3) is 0 Å². The second kappa shape index (κ2) is 7.25. The Balaban J connectivity index is 1.70. The van der Waals surface area contributed by atoms with Gasteiger partial charge in [0.2, 0.25) is 0 Å². The van der Waals surface area contributed by atoms with Crippen LogP contribution in [0.15, 0.2) is 66.7 Å². The summed E-state index contributed by atoms with van der Waals surface area (Å²) >= 11 is 6.20. The molecule has 0 unspecified atom stereocenters. The molecule has 4 heteroatoms. The highest BCUT2D eigenvalue weighted by atomic mass is 35.5. The van der Waals surface area contributed by atoms with Crippen LogP contribution in [-0.2, 0) is 10.9 Å². The third-order valence-electron chi connectivity index (χ3n) is 4.52. The highest BCUT2D eigenvalue weighted by molar-refractivity contribution is 7.68. The molecule has 0 radical (unpaired) electrons. The fourth-order valence-electron chi connectivity index (χ4n) is 3.31. The normalized spacial score (nSPS) is 16.2. The first-order valence-corrected chi connectivity index (χ1v) is 10.1. The van der Waals surface area contributed by atoms with Crippen LogP contribution in [0, 0.1) is 6.92 Å². The maximum atomic E-state index is 6.66. The van der Waals surface area contributed by atoms with E-state index in [0.29, 0.717) is 5.15 Å². The molecule has 0 N–H and O–H groups in total. The number of rotatable bonds is 4. The fraction of sp³-hybridized carbons (Fsp3) is 0.190.